The number of aliphatic hydroxyl groups is 2. The molecule has 156 valence electrons. The molecule has 0 spiro atoms. The lowest BCUT2D eigenvalue weighted by Crippen LogP contribution is -2.32. The first kappa shape index (κ1) is 21.5. The minimum absolute atomic E-state index is 0.195. The van der Waals surface area contributed by atoms with Gasteiger partial charge in [0.2, 0.25) is 0 Å². The highest BCUT2D eigenvalue weighted by molar-refractivity contribution is 5.38. The highest BCUT2D eigenvalue weighted by Crippen LogP contribution is 2.54. The predicted octanol–water partition coefficient (Wildman–Crippen LogP) is 5.25. The van der Waals surface area contributed by atoms with Crippen molar-refractivity contribution in [3.63, 3.8) is 0 Å². The first-order chi connectivity index (χ1) is 13.2. The second kappa shape index (κ2) is 8.69. The summed E-state index contributed by atoms with van der Waals surface area (Å²) in [6.07, 6.45) is 14.6. The molecule has 0 unspecified atom stereocenters. The molecule has 0 aromatic heterocycles. The van der Waals surface area contributed by atoms with Gasteiger partial charge in [-0.15, -0.1) is 0 Å². The number of hydrogen-bond donors (Lipinski definition) is 2. The monoisotopic (exact) mass is 386 g/mol. The average Bonchev–Trinajstić information content (AvgIpc) is 2.95. The third-order valence-corrected chi connectivity index (χ3v) is 7.02. The second-order valence-corrected chi connectivity index (χ2v) is 9.84. The lowest BCUT2D eigenvalue weighted by atomic mass is 9.64. The summed E-state index contributed by atoms with van der Waals surface area (Å²) >= 11 is 0. The van der Waals surface area contributed by atoms with E-state index in [9.17, 15) is 10.2 Å². The van der Waals surface area contributed by atoms with E-state index in [2.05, 4.69) is 31.7 Å². The first-order valence-electron chi connectivity index (χ1n) is 10.9. The summed E-state index contributed by atoms with van der Waals surface area (Å²) < 4.78 is 5.93. The van der Waals surface area contributed by atoms with Crippen molar-refractivity contribution in [1.82, 2.24) is 0 Å². The van der Waals surface area contributed by atoms with Gasteiger partial charge in [0.25, 0.3) is 0 Å². The van der Waals surface area contributed by atoms with Crippen molar-refractivity contribution in [3.05, 3.63) is 47.1 Å². The van der Waals surface area contributed by atoms with Crippen LogP contribution in [0.25, 0.3) is 0 Å². The zero-order chi connectivity index (χ0) is 20.4. The van der Waals surface area contributed by atoms with Crippen LogP contribution in [0.2, 0.25) is 0 Å². The van der Waals surface area contributed by atoms with Crippen LogP contribution in [-0.2, 0) is 4.74 Å². The second-order valence-electron chi connectivity index (χ2n) is 9.84. The maximum atomic E-state index is 9.97. The van der Waals surface area contributed by atoms with Gasteiger partial charge in [0.05, 0.1) is 18.3 Å². The quantitative estimate of drug-likeness (QED) is 0.484. The number of fused-ring (bicyclic) bond motifs is 1. The van der Waals surface area contributed by atoms with Crippen LogP contribution >= 0.6 is 0 Å². The summed E-state index contributed by atoms with van der Waals surface area (Å²) in [4.78, 5) is 0. The zero-order valence-electron chi connectivity index (χ0n) is 18.0. The van der Waals surface area contributed by atoms with E-state index in [1.54, 1.807) is 0 Å². The first-order valence-corrected chi connectivity index (χ1v) is 10.9. The van der Waals surface area contributed by atoms with E-state index in [0.717, 1.165) is 25.7 Å². The summed E-state index contributed by atoms with van der Waals surface area (Å²) in [6, 6.07) is 0. The maximum Gasteiger partial charge on any atom is 0.0682 e. The standard InChI is InChI=1S/C25H38O3/c1-18-7-11-22(26)16-20(18)9-8-19-6-5-13-25(4)21(10-12-23(19)25)17-28-15-14-24(2,3)27/h8-10,22-23,26-27H,1,5-7,11-17H2,2-4H3/b19-8+,20-9-/t22-,23-,25+/m0/s1. The van der Waals surface area contributed by atoms with Crippen molar-refractivity contribution in [2.24, 2.45) is 11.3 Å². The molecule has 0 radical (unpaired) electrons. The van der Waals surface area contributed by atoms with Gasteiger partial charge in [-0.05, 0) is 87.7 Å². The van der Waals surface area contributed by atoms with Crippen LogP contribution in [0.15, 0.2) is 47.1 Å². The molecule has 2 saturated carbocycles. The van der Waals surface area contributed by atoms with Crippen molar-refractivity contribution in [1.29, 1.82) is 0 Å². The molecule has 3 atom stereocenters. The molecule has 28 heavy (non-hydrogen) atoms. The number of aliphatic hydroxyl groups excluding tert-OH is 1. The smallest absolute Gasteiger partial charge is 0.0682 e. The SMILES string of the molecule is C=C1CC[C@H](O)C/C1=C/C=C1\CCC[C@]2(C)C(COCCC(C)(C)O)=CC[C@@H]12. The fourth-order valence-corrected chi connectivity index (χ4v) is 5.03. The molecule has 0 saturated heterocycles. The van der Waals surface area contributed by atoms with Gasteiger partial charge in [0.1, 0.15) is 0 Å². The summed E-state index contributed by atoms with van der Waals surface area (Å²) in [6.45, 7) is 11.5. The molecule has 0 aliphatic heterocycles. The van der Waals surface area contributed by atoms with Gasteiger partial charge in [-0.2, -0.15) is 0 Å². The van der Waals surface area contributed by atoms with Gasteiger partial charge >= 0.3 is 0 Å². The minimum atomic E-state index is -0.665. The molecule has 2 N–H and O–H groups in total. The zero-order valence-corrected chi connectivity index (χ0v) is 18.0. The van der Waals surface area contributed by atoms with E-state index in [0.29, 0.717) is 25.6 Å². The molecular formula is C25H38O3. The summed E-state index contributed by atoms with van der Waals surface area (Å²) in [7, 11) is 0. The van der Waals surface area contributed by atoms with E-state index in [-0.39, 0.29) is 11.5 Å². The Bertz CT molecular complexity index is 676. The molecule has 3 aliphatic carbocycles. The molecule has 0 heterocycles. The molecule has 3 nitrogen and oxygen atoms in total. The number of allylic oxidation sites excluding steroid dienone is 5. The van der Waals surface area contributed by atoms with Gasteiger partial charge in [0.15, 0.2) is 0 Å². The third-order valence-electron chi connectivity index (χ3n) is 7.02. The number of rotatable bonds is 6. The van der Waals surface area contributed by atoms with Crippen LogP contribution in [0.1, 0.15) is 72.1 Å². The third kappa shape index (κ3) is 5.06. The van der Waals surface area contributed by atoms with Crippen LogP contribution in [0.5, 0.6) is 0 Å². The minimum Gasteiger partial charge on any atom is -0.393 e. The Morgan fingerprint density at radius 2 is 2.11 bits per heavy atom. The van der Waals surface area contributed by atoms with E-state index >= 15 is 0 Å². The van der Waals surface area contributed by atoms with Crippen LogP contribution in [0.4, 0.5) is 0 Å². The Labute approximate surface area is 170 Å². The summed E-state index contributed by atoms with van der Waals surface area (Å²) in [5.41, 5.74) is 4.91. The Balaban J connectivity index is 1.64. The van der Waals surface area contributed by atoms with E-state index in [4.69, 9.17) is 4.74 Å². The Kier molecular flexibility index (Phi) is 6.69. The lowest BCUT2D eigenvalue weighted by Gasteiger charge is -2.41. The Morgan fingerprint density at radius 3 is 2.86 bits per heavy atom. The van der Waals surface area contributed by atoms with E-state index in [1.165, 1.54) is 41.6 Å². The fraction of sp³-hybridized carbons (Fsp3) is 0.680. The normalized spacial score (nSPS) is 34.0. The van der Waals surface area contributed by atoms with Gasteiger partial charge in [-0.25, -0.2) is 0 Å². The highest BCUT2D eigenvalue weighted by atomic mass is 16.5. The van der Waals surface area contributed by atoms with Gasteiger partial charge < -0.3 is 14.9 Å². The van der Waals surface area contributed by atoms with Crippen LogP contribution in [-0.4, -0.2) is 35.1 Å². The molecule has 0 amide bonds. The topological polar surface area (TPSA) is 49.7 Å². The van der Waals surface area contributed by atoms with Crippen LogP contribution in [0.3, 0.4) is 0 Å². The van der Waals surface area contributed by atoms with E-state index in [1.807, 2.05) is 13.8 Å². The van der Waals surface area contributed by atoms with Gasteiger partial charge in [0, 0.05) is 6.61 Å². The molecule has 2 fully saturated rings. The number of ether oxygens (including phenoxy) is 1. The van der Waals surface area contributed by atoms with Crippen LogP contribution < -0.4 is 0 Å². The molecule has 3 heteroatoms. The van der Waals surface area contributed by atoms with Crippen molar-refractivity contribution < 1.29 is 14.9 Å². The lowest BCUT2D eigenvalue weighted by molar-refractivity contribution is 0.0299. The number of hydrogen-bond acceptors (Lipinski definition) is 3. The molecule has 3 rings (SSSR count). The Morgan fingerprint density at radius 1 is 1.32 bits per heavy atom. The van der Waals surface area contributed by atoms with Crippen molar-refractivity contribution >= 4 is 0 Å². The fourth-order valence-electron chi connectivity index (χ4n) is 5.03. The summed E-state index contributed by atoms with van der Waals surface area (Å²) in [5, 5.41) is 19.8. The molecule has 0 bridgehead atoms. The largest absolute Gasteiger partial charge is 0.393 e. The average molecular weight is 387 g/mol. The molecular weight excluding hydrogens is 348 g/mol. The highest BCUT2D eigenvalue weighted by Gasteiger charge is 2.44. The van der Waals surface area contributed by atoms with Crippen LogP contribution in [0, 0.1) is 11.3 Å². The molecule has 0 aromatic rings. The van der Waals surface area contributed by atoms with Crippen molar-refractivity contribution in [3.8, 4) is 0 Å². The van der Waals surface area contributed by atoms with Gasteiger partial charge in [-0.3, -0.25) is 0 Å². The van der Waals surface area contributed by atoms with Crippen molar-refractivity contribution in [2.75, 3.05) is 13.2 Å². The van der Waals surface area contributed by atoms with Crippen molar-refractivity contribution in [2.45, 2.75) is 83.8 Å². The molecule has 0 aromatic carbocycles. The summed E-state index contributed by atoms with van der Waals surface area (Å²) in [5.74, 6) is 0.563. The molecule has 3 aliphatic rings. The predicted molar refractivity (Wildman–Crippen MR) is 115 cm³/mol. The Hall–Kier alpha value is -1.16. The maximum absolute atomic E-state index is 9.97. The van der Waals surface area contributed by atoms with Gasteiger partial charge in [-0.1, -0.05) is 42.9 Å². The van der Waals surface area contributed by atoms with E-state index < -0.39 is 5.60 Å².